The average molecular weight is 274 g/mol. The van der Waals surface area contributed by atoms with Crippen LogP contribution in [0.25, 0.3) is 0 Å². The SMILES string of the molecule is C=CCCc1cc(C(C)(C)C)c(OC)c(C(C)(C)C)c1. The molecule has 0 amide bonds. The van der Waals surface area contributed by atoms with Gasteiger partial charge in [0.1, 0.15) is 5.75 Å². The van der Waals surface area contributed by atoms with Crippen molar-refractivity contribution in [3.05, 3.63) is 41.5 Å². The van der Waals surface area contributed by atoms with Crippen LogP contribution in [0.1, 0.15) is 64.7 Å². The van der Waals surface area contributed by atoms with Crippen LogP contribution in [0.3, 0.4) is 0 Å². The van der Waals surface area contributed by atoms with Gasteiger partial charge in [0.05, 0.1) is 7.11 Å². The Labute approximate surface area is 125 Å². The van der Waals surface area contributed by atoms with Crippen molar-refractivity contribution in [1.29, 1.82) is 0 Å². The third-order valence-corrected chi connectivity index (χ3v) is 3.61. The van der Waals surface area contributed by atoms with Crippen LogP contribution in [-0.4, -0.2) is 7.11 Å². The molecule has 0 aromatic heterocycles. The molecule has 0 aliphatic heterocycles. The minimum absolute atomic E-state index is 0.0789. The van der Waals surface area contributed by atoms with Gasteiger partial charge >= 0.3 is 0 Å². The molecule has 0 radical (unpaired) electrons. The van der Waals surface area contributed by atoms with E-state index < -0.39 is 0 Å². The second kappa shape index (κ2) is 6.03. The van der Waals surface area contributed by atoms with E-state index in [1.54, 1.807) is 7.11 Å². The summed E-state index contributed by atoms with van der Waals surface area (Å²) >= 11 is 0. The number of hydrogen-bond donors (Lipinski definition) is 0. The van der Waals surface area contributed by atoms with E-state index in [-0.39, 0.29) is 10.8 Å². The summed E-state index contributed by atoms with van der Waals surface area (Å²) in [6.45, 7) is 17.3. The molecule has 112 valence electrons. The van der Waals surface area contributed by atoms with Crippen LogP contribution in [0.2, 0.25) is 0 Å². The van der Waals surface area contributed by atoms with E-state index in [0.29, 0.717) is 0 Å². The van der Waals surface area contributed by atoms with Crippen LogP contribution >= 0.6 is 0 Å². The van der Waals surface area contributed by atoms with Crippen molar-refractivity contribution in [3.63, 3.8) is 0 Å². The van der Waals surface area contributed by atoms with Crippen molar-refractivity contribution in [2.24, 2.45) is 0 Å². The van der Waals surface area contributed by atoms with Gasteiger partial charge in [0.15, 0.2) is 0 Å². The van der Waals surface area contributed by atoms with Crippen molar-refractivity contribution >= 4 is 0 Å². The first-order valence-corrected chi connectivity index (χ1v) is 7.44. The van der Waals surface area contributed by atoms with Gasteiger partial charge in [-0.15, -0.1) is 6.58 Å². The molecular weight excluding hydrogens is 244 g/mol. The van der Waals surface area contributed by atoms with Gasteiger partial charge in [0, 0.05) is 11.1 Å². The zero-order valence-electron chi connectivity index (χ0n) is 14.3. The summed E-state index contributed by atoms with van der Waals surface area (Å²) in [4.78, 5) is 0. The van der Waals surface area contributed by atoms with Gasteiger partial charge < -0.3 is 4.74 Å². The maximum Gasteiger partial charge on any atom is 0.126 e. The number of allylic oxidation sites excluding steroid dienone is 1. The van der Waals surface area contributed by atoms with E-state index in [9.17, 15) is 0 Å². The van der Waals surface area contributed by atoms with E-state index in [0.717, 1.165) is 18.6 Å². The Morgan fingerprint density at radius 3 is 1.75 bits per heavy atom. The topological polar surface area (TPSA) is 9.23 Å². The van der Waals surface area contributed by atoms with Crippen LogP contribution < -0.4 is 4.74 Å². The maximum atomic E-state index is 5.77. The molecule has 0 fully saturated rings. The van der Waals surface area contributed by atoms with Crippen LogP contribution in [0.5, 0.6) is 5.75 Å². The minimum Gasteiger partial charge on any atom is -0.496 e. The Balaban J connectivity index is 3.52. The molecule has 0 unspecified atom stereocenters. The number of aryl methyl sites for hydroxylation is 1. The molecule has 0 heterocycles. The molecule has 0 aliphatic carbocycles. The molecule has 0 N–H and O–H groups in total. The Morgan fingerprint density at radius 1 is 1.00 bits per heavy atom. The second-order valence-corrected chi connectivity index (χ2v) is 7.55. The van der Waals surface area contributed by atoms with E-state index >= 15 is 0 Å². The summed E-state index contributed by atoms with van der Waals surface area (Å²) < 4.78 is 5.77. The molecule has 1 heteroatoms. The summed E-state index contributed by atoms with van der Waals surface area (Å²) in [5.74, 6) is 1.05. The predicted molar refractivity (Wildman–Crippen MR) is 88.9 cm³/mol. The minimum atomic E-state index is 0.0789. The van der Waals surface area contributed by atoms with Gasteiger partial charge in [-0.2, -0.15) is 0 Å². The quantitative estimate of drug-likeness (QED) is 0.667. The van der Waals surface area contributed by atoms with Crippen LogP contribution in [0.4, 0.5) is 0 Å². The molecule has 0 aliphatic rings. The van der Waals surface area contributed by atoms with Crippen molar-refractivity contribution in [2.45, 2.75) is 65.2 Å². The lowest BCUT2D eigenvalue weighted by molar-refractivity contribution is 0.381. The molecule has 1 nitrogen and oxygen atoms in total. The van der Waals surface area contributed by atoms with Crippen LogP contribution in [0, 0.1) is 0 Å². The number of methoxy groups -OCH3 is 1. The van der Waals surface area contributed by atoms with E-state index in [1.807, 2.05) is 6.08 Å². The van der Waals surface area contributed by atoms with Crippen molar-refractivity contribution in [3.8, 4) is 5.75 Å². The molecule has 20 heavy (non-hydrogen) atoms. The molecule has 1 aromatic rings. The highest BCUT2D eigenvalue weighted by atomic mass is 16.5. The summed E-state index contributed by atoms with van der Waals surface area (Å²) in [6, 6.07) is 4.61. The van der Waals surface area contributed by atoms with Crippen molar-refractivity contribution in [1.82, 2.24) is 0 Å². The number of hydrogen-bond acceptors (Lipinski definition) is 1. The fourth-order valence-electron chi connectivity index (χ4n) is 2.44. The first-order valence-electron chi connectivity index (χ1n) is 7.44. The third-order valence-electron chi connectivity index (χ3n) is 3.61. The summed E-state index contributed by atoms with van der Waals surface area (Å²) in [5.41, 5.74) is 4.13. The monoisotopic (exact) mass is 274 g/mol. The molecule has 1 rings (SSSR count). The first kappa shape index (κ1) is 16.8. The van der Waals surface area contributed by atoms with Crippen molar-refractivity contribution in [2.75, 3.05) is 7.11 Å². The highest BCUT2D eigenvalue weighted by Crippen LogP contribution is 2.40. The highest BCUT2D eigenvalue weighted by Gasteiger charge is 2.27. The molecule has 0 spiro atoms. The lowest BCUT2D eigenvalue weighted by Gasteiger charge is -2.30. The van der Waals surface area contributed by atoms with Gasteiger partial charge in [-0.3, -0.25) is 0 Å². The summed E-state index contributed by atoms with van der Waals surface area (Å²) in [6.07, 6.45) is 4.04. The first-order chi connectivity index (χ1) is 9.11. The second-order valence-electron chi connectivity index (χ2n) is 7.55. The number of rotatable bonds is 4. The summed E-state index contributed by atoms with van der Waals surface area (Å²) in [7, 11) is 1.78. The van der Waals surface area contributed by atoms with Gasteiger partial charge in [-0.25, -0.2) is 0 Å². The third kappa shape index (κ3) is 3.88. The Kier molecular flexibility index (Phi) is 5.07. The fourth-order valence-corrected chi connectivity index (χ4v) is 2.44. The van der Waals surface area contributed by atoms with Gasteiger partial charge in [0.2, 0.25) is 0 Å². The zero-order chi connectivity index (χ0) is 15.6. The molecule has 1 aromatic carbocycles. The Morgan fingerprint density at radius 2 is 1.45 bits per heavy atom. The van der Waals surface area contributed by atoms with E-state index in [4.69, 9.17) is 4.74 Å². The van der Waals surface area contributed by atoms with Gasteiger partial charge in [-0.1, -0.05) is 59.8 Å². The van der Waals surface area contributed by atoms with Crippen LogP contribution in [-0.2, 0) is 17.3 Å². The lowest BCUT2D eigenvalue weighted by Crippen LogP contribution is -2.19. The molecule has 0 bridgehead atoms. The molecular formula is C19H30O. The zero-order valence-corrected chi connectivity index (χ0v) is 14.3. The van der Waals surface area contributed by atoms with E-state index in [2.05, 4.69) is 60.3 Å². The van der Waals surface area contributed by atoms with Crippen LogP contribution in [0.15, 0.2) is 24.8 Å². The van der Waals surface area contributed by atoms with E-state index in [1.165, 1.54) is 16.7 Å². The normalized spacial score (nSPS) is 12.3. The van der Waals surface area contributed by atoms with Crippen molar-refractivity contribution < 1.29 is 4.74 Å². The number of ether oxygens (including phenoxy) is 1. The maximum absolute atomic E-state index is 5.77. The molecule has 0 saturated heterocycles. The molecule has 0 atom stereocenters. The Hall–Kier alpha value is -1.24. The largest absolute Gasteiger partial charge is 0.496 e. The average Bonchev–Trinajstić information content (AvgIpc) is 2.32. The molecule has 0 saturated carbocycles. The predicted octanol–water partition coefficient (Wildman–Crippen LogP) is 5.41. The Bertz CT molecular complexity index is 435. The van der Waals surface area contributed by atoms with Gasteiger partial charge in [0.25, 0.3) is 0 Å². The standard InChI is InChI=1S/C19H30O/c1-9-10-11-14-12-15(18(2,3)4)17(20-8)16(13-14)19(5,6)7/h9,12-13H,1,10-11H2,2-8H3. The smallest absolute Gasteiger partial charge is 0.126 e. The van der Waals surface area contributed by atoms with Gasteiger partial charge in [-0.05, 0) is 29.2 Å². The summed E-state index contributed by atoms with van der Waals surface area (Å²) in [5, 5.41) is 0. The number of benzene rings is 1. The highest BCUT2D eigenvalue weighted by molar-refractivity contribution is 5.50. The fraction of sp³-hybridized carbons (Fsp3) is 0.579. The lowest BCUT2D eigenvalue weighted by atomic mass is 9.78.